The highest BCUT2D eigenvalue weighted by molar-refractivity contribution is 5.82. The van der Waals surface area contributed by atoms with Crippen molar-refractivity contribution in [1.29, 1.82) is 0 Å². The van der Waals surface area contributed by atoms with Crippen LogP contribution in [0.1, 0.15) is 47.0 Å². The second-order valence-corrected chi connectivity index (χ2v) is 4.52. The molecule has 0 saturated heterocycles. The average Bonchev–Trinajstić information content (AvgIpc) is 2.15. The lowest BCUT2D eigenvalue weighted by molar-refractivity contribution is -0.162. The molecule has 16 heavy (non-hydrogen) atoms. The van der Waals surface area contributed by atoms with E-state index in [1.807, 2.05) is 20.8 Å². The maximum atomic E-state index is 11.9. The van der Waals surface area contributed by atoms with Gasteiger partial charge in [-0.15, -0.1) is 0 Å². The number of carbonyl (C=O) groups is 2. The van der Waals surface area contributed by atoms with Crippen molar-refractivity contribution in [1.82, 2.24) is 0 Å². The lowest BCUT2D eigenvalue weighted by Gasteiger charge is -2.30. The molecule has 0 fully saturated rings. The highest BCUT2D eigenvalue weighted by atomic mass is 16.5. The first kappa shape index (κ1) is 14.9. The fourth-order valence-corrected chi connectivity index (χ4v) is 2.00. The van der Waals surface area contributed by atoms with Crippen LogP contribution in [0.25, 0.3) is 0 Å². The van der Waals surface area contributed by atoms with E-state index >= 15 is 0 Å². The number of ether oxygens (including phenoxy) is 1. The molecule has 1 unspecified atom stereocenters. The first-order chi connectivity index (χ1) is 7.38. The number of aliphatic carboxylic acids is 1. The van der Waals surface area contributed by atoms with Gasteiger partial charge in [0.2, 0.25) is 0 Å². The van der Waals surface area contributed by atoms with Crippen LogP contribution in [-0.4, -0.2) is 23.7 Å². The smallest absolute Gasteiger partial charge is 0.312 e. The van der Waals surface area contributed by atoms with Gasteiger partial charge < -0.3 is 9.84 Å². The number of hydrogen-bond donors (Lipinski definition) is 1. The molecule has 0 aliphatic carbocycles. The van der Waals surface area contributed by atoms with Crippen molar-refractivity contribution in [2.24, 2.45) is 11.3 Å². The lowest BCUT2D eigenvalue weighted by atomic mass is 9.75. The van der Waals surface area contributed by atoms with E-state index in [0.29, 0.717) is 12.8 Å². The Hall–Kier alpha value is -1.06. The lowest BCUT2D eigenvalue weighted by Crippen LogP contribution is -2.36. The molecule has 1 atom stereocenters. The highest BCUT2D eigenvalue weighted by Crippen LogP contribution is 2.35. The summed E-state index contributed by atoms with van der Waals surface area (Å²) in [6.07, 6.45) is 0.894. The molecule has 0 aliphatic rings. The summed E-state index contributed by atoms with van der Waals surface area (Å²) in [4.78, 5) is 22.7. The molecule has 0 amide bonds. The maximum absolute atomic E-state index is 11.9. The van der Waals surface area contributed by atoms with Crippen LogP contribution >= 0.6 is 0 Å². The van der Waals surface area contributed by atoms with Crippen molar-refractivity contribution in [3.8, 4) is 0 Å². The Bertz CT molecular complexity index is 247. The Labute approximate surface area is 97.0 Å². The van der Waals surface area contributed by atoms with Crippen molar-refractivity contribution in [2.75, 3.05) is 6.61 Å². The van der Waals surface area contributed by atoms with Gasteiger partial charge in [0.05, 0.1) is 18.4 Å². The molecule has 0 aromatic rings. The summed E-state index contributed by atoms with van der Waals surface area (Å²) in [5.41, 5.74) is -0.865. The summed E-state index contributed by atoms with van der Waals surface area (Å²) in [6.45, 7) is 7.81. The average molecular weight is 230 g/mol. The van der Waals surface area contributed by atoms with Gasteiger partial charge in [-0.1, -0.05) is 20.8 Å². The molecular weight excluding hydrogens is 208 g/mol. The van der Waals surface area contributed by atoms with Crippen molar-refractivity contribution >= 4 is 11.9 Å². The molecule has 0 saturated carbocycles. The standard InChI is InChI=1S/C12H22O4/c1-5-12(7-9(3)4,8-10(13)14)11(15)16-6-2/h9H,5-8H2,1-4H3,(H,13,14). The quantitative estimate of drug-likeness (QED) is 0.682. The zero-order valence-electron chi connectivity index (χ0n) is 10.6. The zero-order chi connectivity index (χ0) is 12.8. The molecule has 0 radical (unpaired) electrons. The molecule has 0 heterocycles. The molecule has 4 heteroatoms. The van der Waals surface area contributed by atoms with Crippen LogP contribution in [0.15, 0.2) is 0 Å². The maximum Gasteiger partial charge on any atom is 0.312 e. The van der Waals surface area contributed by atoms with E-state index in [4.69, 9.17) is 9.84 Å². The summed E-state index contributed by atoms with van der Waals surface area (Å²) in [5, 5.41) is 8.90. The predicted molar refractivity (Wildman–Crippen MR) is 61.1 cm³/mol. The molecule has 0 aromatic carbocycles. The van der Waals surface area contributed by atoms with E-state index in [0.717, 1.165) is 0 Å². The first-order valence-electron chi connectivity index (χ1n) is 5.77. The van der Waals surface area contributed by atoms with Crippen molar-refractivity contribution in [3.63, 3.8) is 0 Å². The van der Waals surface area contributed by atoms with Gasteiger partial charge in [-0.05, 0) is 25.7 Å². The number of hydrogen-bond acceptors (Lipinski definition) is 3. The molecule has 0 bridgehead atoms. The van der Waals surface area contributed by atoms with Gasteiger partial charge in [-0.2, -0.15) is 0 Å². The van der Waals surface area contributed by atoms with Gasteiger partial charge in [0.25, 0.3) is 0 Å². The van der Waals surface area contributed by atoms with Crippen LogP contribution in [-0.2, 0) is 14.3 Å². The van der Waals surface area contributed by atoms with Gasteiger partial charge in [-0.25, -0.2) is 0 Å². The number of rotatable bonds is 7. The third-order valence-corrected chi connectivity index (χ3v) is 2.67. The van der Waals surface area contributed by atoms with E-state index < -0.39 is 11.4 Å². The Morgan fingerprint density at radius 2 is 1.88 bits per heavy atom. The number of carbonyl (C=O) groups excluding carboxylic acids is 1. The van der Waals surface area contributed by atoms with Crippen molar-refractivity contribution in [3.05, 3.63) is 0 Å². The van der Waals surface area contributed by atoms with Crippen LogP contribution in [0.4, 0.5) is 0 Å². The summed E-state index contributed by atoms with van der Waals surface area (Å²) >= 11 is 0. The normalized spacial score (nSPS) is 14.6. The van der Waals surface area contributed by atoms with Crippen LogP contribution in [0.5, 0.6) is 0 Å². The third kappa shape index (κ3) is 4.21. The Morgan fingerprint density at radius 3 is 2.19 bits per heavy atom. The van der Waals surface area contributed by atoms with Crippen LogP contribution in [0.2, 0.25) is 0 Å². The van der Waals surface area contributed by atoms with Gasteiger partial charge in [0, 0.05) is 0 Å². The van der Waals surface area contributed by atoms with Crippen LogP contribution < -0.4 is 0 Å². The summed E-state index contributed by atoms with van der Waals surface area (Å²) < 4.78 is 5.00. The van der Waals surface area contributed by atoms with E-state index in [1.165, 1.54) is 0 Å². The third-order valence-electron chi connectivity index (χ3n) is 2.67. The van der Waals surface area contributed by atoms with Gasteiger partial charge >= 0.3 is 11.9 Å². The summed E-state index contributed by atoms with van der Waals surface area (Å²) in [7, 11) is 0. The second-order valence-electron chi connectivity index (χ2n) is 4.52. The van der Waals surface area contributed by atoms with E-state index in [9.17, 15) is 9.59 Å². The first-order valence-corrected chi connectivity index (χ1v) is 5.77. The second kappa shape index (κ2) is 6.51. The number of carboxylic acids is 1. The highest BCUT2D eigenvalue weighted by Gasteiger charge is 2.40. The molecule has 0 spiro atoms. The van der Waals surface area contributed by atoms with Gasteiger partial charge in [0.15, 0.2) is 0 Å². The molecule has 0 aliphatic heterocycles. The zero-order valence-corrected chi connectivity index (χ0v) is 10.6. The minimum Gasteiger partial charge on any atom is -0.481 e. The fraction of sp³-hybridized carbons (Fsp3) is 0.833. The Morgan fingerprint density at radius 1 is 1.31 bits per heavy atom. The van der Waals surface area contributed by atoms with Crippen molar-refractivity contribution in [2.45, 2.75) is 47.0 Å². The molecule has 4 nitrogen and oxygen atoms in total. The van der Waals surface area contributed by atoms with Crippen molar-refractivity contribution < 1.29 is 19.4 Å². The molecule has 1 N–H and O–H groups in total. The topological polar surface area (TPSA) is 63.6 Å². The number of esters is 1. The number of carboxylic acid groups (broad SMARTS) is 1. The molecule has 0 rings (SSSR count). The molecule has 94 valence electrons. The fourth-order valence-electron chi connectivity index (χ4n) is 2.00. The molecular formula is C12H22O4. The monoisotopic (exact) mass is 230 g/mol. The largest absolute Gasteiger partial charge is 0.481 e. The SMILES string of the molecule is CCOC(=O)C(CC)(CC(=O)O)CC(C)C. The minimum atomic E-state index is -0.949. The summed E-state index contributed by atoms with van der Waals surface area (Å²) in [5.74, 6) is -1.06. The minimum absolute atomic E-state index is 0.152. The van der Waals surface area contributed by atoms with E-state index in [-0.39, 0.29) is 24.9 Å². The molecule has 0 aromatic heterocycles. The summed E-state index contributed by atoms with van der Waals surface area (Å²) in [6, 6.07) is 0. The van der Waals surface area contributed by atoms with E-state index in [1.54, 1.807) is 6.92 Å². The van der Waals surface area contributed by atoms with Gasteiger partial charge in [0.1, 0.15) is 0 Å². The predicted octanol–water partition coefficient (Wildman–Crippen LogP) is 2.47. The van der Waals surface area contributed by atoms with Crippen LogP contribution in [0.3, 0.4) is 0 Å². The van der Waals surface area contributed by atoms with Crippen LogP contribution in [0, 0.1) is 11.3 Å². The van der Waals surface area contributed by atoms with E-state index in [2.05, 4.69) is 0 Å². The Kier molecular flexibility index (Phi) is 6.08. The Balaban J connectivity index is 4.93. The van der Waals surface area contributed by atoms with Gasteiger partial charge in [-0.3, -0.25) is 9.59 Å².